The number of carboxylic acid groups (broad SMARTS) is 1. The lowest BCUT2D eigenvalue weighted by Gasteiger charge is -2.25. The predicted octanol–water partition coefficient (Wildman–Crippen LogP) is 8.83. The maximum absolute atomic E-state index is 15.0. The fourth-order valence-electron chi connectivity index (χ4n) is 3.73. The summed E-state index contributed by atoms with van der Waals surface area (Å²) in [4.78, 5) is 16.4. The van der Waals surface area contributed by atoms with Crippen molar-refractivity contribution in [2.75, 3.05) is 18.0 Å². The maximum atomic E-state index is 15.0. The van der Waals surface area contributed by atoms with Gasteiger partial charge in [-0.25, -0.2) is 13.6 Å². The summed E-state index contributed by atoms with van der Waals surface area (Å²) in [5.74, 6) is -2.33. The molecule has 3 aromatic rings. The van der Waals surface area contributed by atoms with Crippen LogP contribution in [0.2, 0.25) is 0 Å². The summed E-state index contributed by atoms with van der Waals surface area (Å²) in [7, 11) is 0. The van der Waals surface area contributed by atoms with Gasteiger partial charge >= 0.3 is 5.97 Å². The lowest BCUT2D eigenvalue weighted by atomic mass is 10.1. The zero-order valence-electron chi connectivity index (χ0n) is 21.4. The van der Waals surface area contributed by atoms with Crippen LogP contribution < -0.4 is 4.90 Å². The molecule has 0 spiro atoms. The van der Waals surface area contributed by atoms with E-state index in [0.29, 0.717) is 23.5 Å². The van der Waals surface area contributed by atoms with E-state index in [1.807, 2.05) is 41.3 Å². The molecular formula is C30H30F2N2O2S2. The Morgan fingerprint density at radius 3 is 1.84 bits per heavy atom. The number of thiophene rings is 2. The molecule has 3 rings (SSSR count). The van der Waals surface area contributed by atoms with Gasteiger partial charge in [0.1, 0.15) is 29.0 Å². The van der Waals surface area contributed by atoms with Gasteiger partial charge in [-0.1, -0.05) is 32.8 Å². The molecule has 0 fully saturated rings. The van der Waals surface area contributed by atoms with Crippen molar-refractivity contribution < 1.29 is 18.7 Å². The van der Waals surface area contributed by atoms with Gasteiger partial charge in [0.2, 0.25) is 0 Å². The van der Waals surface area contributed by atoms with Crippen LogP contribution in [-0.2, 0) is 4.79 Å². The Bertz CT molecular complexity index is 1350. The van der Waals surface area contributed by atoms with Crippen LogP contribution in [-0.4, -0.2) is 24.2 Å². The van der Waals surface area contributed by atoms with Gasteiger partial charge in [0, 0.05) is 32.6 Å². The molecule has 38 heavy (non-hydrogen) atoms. The van der Waals surface area contributed by atoms with Crippen LogP contribution in [0.4, 0.5) is 14.5 Å². The van der Waals surface area contributed by atoms with E-state index in [1.54, 1.807) is 18.2 Å². The predicted molar refractivity (Wildman–Crippen MR) is 156 cm³/mol. The quantitative estimate of drug-likeness (QED) is 0.170. The molecule has 1 aromatic carbocycles. The summed E-state index contributed by atoms with van der Waals surface area (Å²) < 4.78 is 29.9. The first-order chi connectivity index (χ1) is 18.3. The summed E-state index contributed by atoms with van der Waals surface area (Å²) in [6.07, 6.45) is 12.5. The van der Waals surface area contributed by atoms with Crippen LogP contribution in [0.25, 0.3) is 30.4 Å². The number of halogens is 2. The molecule has 2 aromatic heterocycles. The normalized spacial score (nSPS) is 11.9. The topological polar surface area (TPSA) is 64.3 Å². The van der Waals surface area contributed by atoms with E-state index in [4.69, 9.17) is 10.4 Å². The van der Waals surface area contributed by atoms with Crippen molar-refractivity contribution >= 4 is 64.7 Å². The lowest BCUT2D eigenvalue weighted by Crippen LogP contribution is -2.27. The SMILES string of the molecule is CCCCN(CCCC)c1c(F)cc(/C=C/c2ccc(/C=C/c3ccc(C=C(C#N)C(=O)O)s3)s2)cc1F. The number of rotatable bonds is 13. The minimum atomic E-state index is -1.25. The van der Waals surface area contributed by atoms with Gasteiger partial charge in [-0.15, -0.1) is 22.7 Å². The summed E-state index contributed by atoms with van der Waals surface area (Å²) in [5, 5.41) is 17.9. The fraction of sp³-hybridized carbons (Fsp3) is 0.267. The highest BCUT2D eigenvalue weighted by Crippen LogP contribution is 2.28. The van der Waals surface area contributed by atoms with Crippen molar-refractivity contribution in [1.29, 1.82) is 5.26 Å². The first-order valence-corrected chi connectivity index (χ1v) is 14.1. The van der Waals surface area contributed by atoms with Crippen molar-refractivity contribution in [2.24, 2.45) is 0 Å². The van der Waals surface area contributed by atoms with Crippen LogP contribution in [0.5, 0.6) is 0 Å². The van der Waals surface area contributed by atoms with Gasteiger partial charge in [-0.2, -0.15) is 5.26 Å². The third-order valence-electron chi connectivity index (χ3n) is 5.70. The van der Waals surface area contributed by atoms with Gasteiger partial charge in [0.05, 0.1) is 0 Å². The van der Waals surface area contributed by atoms with Crippen LogP contribution in [0.1, 0.15) is 64.6 Å². The van der Waals surface area contributed by atoms with Gasteiger partial charge in [-0.05, 0) is 79.1 Å². The second-order valence-corrected chi connectivity index (χ2v) is 10.9. The van der Waals surface area contributed by atoms with Crippen molar-refractivity contribution in [1.82, 2.24) is 0 Å². The molecule has 0 aliphatic carbocycles. The molecule has 4 nitrogen and oxygen atoms in total. The van der Waals surface area contributed by atoms with E-state index in [2.05, 4.69) is 13.8 Å². The summed E-state index contributed by atoms with van der Waals surface area (Å²) >= 11 is 2.91. The van der Waals surface area contributed by atoms with E-state index in [9.17, 15) is 13.6 Å². The van der Waals surface area contributed by atoms with Crippen molar-refractivity contribution in [3.05, 3.63) is 78.7 Å². The van der Waals surface area contributed by atoms with E-state index in [0.717, 1.165) is 40.3 Å². The highest BCUT2D eigenvalue weighted by atomic mass is 32.1. The molecule has 0 bridgehead atoms. The number of carbonyl (C=O) groups is 1. The number of hydrogen-bond donors (Lipinski definition) is 1. The smallest absolute Gasteiger partial charge is 0.346 e. The summed E-state index contributed by atoms with van der Waals surface area (Å²) in [5.41, 5.74) is 0.223. The zero-order valence-corrected chi connectivity index (χ0v) is 23.0. The molecule has 1 N–H and O–H groups in total. The average Bonchev–Trinajstić information content (AvgIpc) is 3.54. The van der Waals surface area contributed by atoms with E-state index >= 15 is 0 Å². The number of benzene rings is 1. The lowest BCUT2D eigenvalue weighted by molar-refractivity contribution is -0.132. The molecule has 0 unspecified atom stereocenters. The molecule has 0 aliphatic rings. The second-order valence-electron chi connectivity index (χ2n) is 8.65. The molecule has 0 radical (unpaired) electrons. The molecule has 8 heteroatoms. The van der Waals surface area contributed by atoms with E-state index in [-0.39, 0.29) is 11.3 Å². The Hall–Kier alpha value is -3.54. The van der Waals surface area contributed by atoms with Crippen LogP contribution in [0.15, 0.2) is 42.0 Å². The van der Waals surface area contributed by atoms with Crippen molar-refractivity contribution in [3.63, 3.8) is 0 Å². The third kappa shape index (κ3) is 8.23. The van der Waals surface area contributed by atoms with E-state index < -0.39 is 17.6 Å². The molecule has 0 amide bonds. The Kier molecular flexibility index (Phi) is 11.0. The highest BCUT2D eigenvalue weighted by Gasteiger charge is 2.17. The second kappa shape index (κ2) is 14.4. The summed E-state index contributed by atoms with van der Waals surface area (Å²) in [6, 6.07) is 12.0. The minimum Gasteiger partial charge on any atom is -0.477 e. The fourth-order valence-corrected chi connectivity index (χ4v) is 5.40. The first-order valence-electron chi connectivity index (χ1n) is 12.5. The minimum absolute atomic E-state index is 0.0617. The molecule has 0 saturated heterocycles. The highest BCUT2D eigenvalue weighted by molar-refractivity contribution is 7.14. The van der Waals surface area contributed by atoms with Crippen LogP contribution >= 0.6 is 22.7 Å². The molecule has 0 saturated carbocycles. The van der Waals surface area contributed by atoms with Crippen molar-refractivity contribution in [2.45, 2.75) is 39.5 Å². The zero-order chi connectivity index (χ0) is 27.5. The number of carboxylic acids is 1. The van der Waals surface area contributed by atoms with Crippen molar-refractivity contribution in [3.8, 4) is 6.07 Å². The average molecular weight is 553 g/mol. The van der Waals surface area contributed by atoms with E-state index in [1.165, 1.54) is 40.9 Å². The van der Waals surface area contributed by atoms with Gasteiger partial charge in [0.25, 0.3) is 0 Å². The maximum Gasteiger partial charge on any atom is 0.346 e. The molecular weight excluding hydrogens is 522 g/mol. The monoisotopic (exact) mass is 552 g/mol. The number of nitriles is 1. The Morgan fingerprint density at radius 2 is 1.37 bits per heavy atom. The Labute approximate surface area is 230 Å². The van der Waals surface area contributed by atoms with Gasteiger partial charge in [0.15, 0.2) is 0 Å². The number of hydrogen-bond acceptors (Lipinski definition) is 5. The van der Waals surface area contributed by atoms with Crippen LogP contribution in [0, 0.1) is 23.0 Å². The first kappa shape index (κ1) is 29.0. The van der Waals surface area contributed by atoms with Gasteiger partial charge in [-0.3, -0.25) is 0 Å². The Balaban J connectivity index is 1.70. The number of nitrogens with zero attached hydrogens (tertiary/aromatic N) is 2. The molecule has 2 heterocycles. The molecule has 198 valence electrons. The largest absolute Gasteiger partial charge is 0.477 e. The molecule has 0 atom stereocenters. The third-order valence-corrected chi connectivity index (χ3v) is 7.72. The standard InChI is InChI=1S/C30H30F2N2O2S2/c1-3-5-15-34(16-6-4-2)29-27(31)17-21(18-28(29)32)7-8-23-9-10-24(37-23)11-12-25-13-14-26(38-25)19-22(20-33)30(35)36/h7-14,17-19H,3-6,15-16H2,1-2H3,(H,35,36)/b8-7+,12-11+,22-19?. The number of aliphatic carboxylic acids is 1. The van der Waals surface area contributed by atoms with Gasteiger partial charge < -0.3 is 10.0 Å². The summed E-state index contributed by atoms with van der Waals surface area (Å²) in [6.45, 7) is 5.41. The Morgan fingerprint density at radius 1 is 0.895 bits per heavy atom. The number of anilines is 1. The number of unbranched alkanes of at least 4 members (excludes halogenated alkanes) is 2. The molecule has 0 aliphatic heterocycles. The van der Waals surface area contributed by atoms with Crippen LogP contribution in [0.3, 0.4) is 0 Å².